The minimum absolute atomic E-state index is 0.00187. The molecule has 1 aromatic carbocycles. The summed E-state index contributed by atoms with van der Waals surface area (Å²) in [6.45, 7) is 16.0. The molecule has 3 saturated heterocycles. The summed E-state index contributed by atoms with van der Waals surface area (Å²) in [5.74, 6) is 1.35. The highest BCUT2D eigenvalue weighted by Gasteiger charge is 2.55. The number of anilines is 2. The first-order chi connectivity index (χ1) is 21.7. The number of carbonyl (C=O) groups is 1. The number of halogens is 1. The number of hydrogen-bond donors (Lipinski definition) is 2. The highest BCUT2D eigenvalue weighted by atomic mass is 35.5. The van der Waals surface area contributed by atoms with E-state index in [4.69, 9.17) is 37.3 Å². The summed E-state index contributed by atoms with van der Waals surface area (Å²) in [7, 11) is 0. The highest BCUT2D eigenvalue weighted by molar-refractivity contribution is 6.35. The molecule has 0 unspecified atom stereocenters. The minimum atomic E-state index is -0.00187. The van der Waals surface area contributed by atoms with E-state index in [0.29, 0.717) is 35.4 Å². The fraction of sp³-hybridized carbons (Fsp3) is 0.618. The van der Waals surface area contributed by atoms with Gasteiger partial charge >= 0.3 is 0 Å². The topological polar surface area (TPSA) is 113 Å². The Labute approximate surface area is 270 Å². The third-order valence-corrected chi connectivity index (χ3v) is 11.6. The summed E-state index contributed by atoms with van der Waals surface area (Å²) in [6.07, 6.45) is 8.15. The van der Waals surface area contributed by atoms with Crippen LogP contribution in [0.15, 0.2) is 18.7 Å². The van der Waals surface area contributed by atoms with E-state index in [1.54, 1.807) is 0 Å². The number of benzene rings is 1. The Morgan fingerprint density at radius 2 is 1.87 bits per heavy atom. The predicted molar refractivity (Wildman–Crippen MR) is 177 cm³/mol. The maximum atomic E-state index is 12.1. The van der Waals surface area contributed by atoms with Crippen molar-refractivity contribution in [1.29, 1.82) is 5.41 Å². The molecule has 0 radical (unpaired) electrons. The molecule has 1 aromatic heterocycles. The summed E-state index contributed by atoms with van der Waals surface area (Å²) >= 11 is 7.11. The quantitative estimate of drug-likeness (QED) is 0.262. The Kier molecular flexibility index (Phi) is 7.99. The predicted octanol–water partition coefficient (Wildman–Crippen LogP) is 4.46. The van der Waals surface area contributed by atoms with Crippen LogP contribution in [-0.2, 0) is 14.3 Å². The number of piperazine rings is 1. The summed E-state index contributed by atoms with van der Waals surface area (Å²) < 4.78 is 13.8. The number of nitrogens with one attached hydrogen (secondary N) is 1. The molecule has 2 saturated carbocycles. The van der Waals surface area contributed by atoms with Crippen molar-refractivity contribution in [2.75, 3.05) is 76.3 Å². The molecule has 7 rings (SSSR count). The number of amides is 1. The lowest BCUT2D eigenvalue weighted by Gasteiger charge is -2.59. The molecular weight excluding hydrogens is 590 g/mol. The van der Waals surface area contributed by atoms with Crippen molar-refractivity contribution < 1.29 is 14.3 Å². The number of carbonyl (C=O) groups excluding carboxylic acids is 1. The lowest BCUT2D eigenvalue weighted by molar-refractivity contribution is -0.149. The zero-order chi connectivity index (χ0) is 31.5. The largest absolute Gasteiger partial charge is 0.398 e. The molecule has 1 amide bonds. The van der Waals surface area contributed by atoms with Gasteiger partial charge in [-0.3, -0.25) is 14.4 Å². The Morgan fingerprint density at radius 3 is 2.49 bits per heavy atom. The van der Waals surface area contributed by atoms with Gasteiger partial charge in [-0.15, -0.1) is 0 Å². The van der Waals surface area contributed by atoms with E-state index in [9.17, 15) is 4.79 Å². The van der Waals surface area contributed by atoms with Gasteiger partial charge in [0.15, 0.2) is 5.82 Å². The first-order valence-electron chi connectivity index (χ1n) is 16.4. The molecule has 11 heteroatoms. The third-order valence-electron chi connectivity index (χ3n) is 11.1. The molecule has 5 aliphatic rings. The van der Waals surface area contributed by atoms with Gasteiger partial charge in [-0.05, 0) is 63.7 Å². The van der Waals surface area contributed by atoms with Gasteiger partial charge in [0.2, 0.25) is 5.91 Å². The van der Waals surface area contributed by atoms with Crippen molar-refractivity contribution in [3.8, 4) is 11.1 Å². The number of aromatic nitrogens is 2. The minimum Gasteiger partial charge on any atom is -0.398 e. The van der Waals surface area contributed by atoms with E-state index in [0.717, 1.165) is 106 Å². The maximum Gasteiger partial charge on any atom is 0.245 e. The molecule has 2 aliphatic carbocycles. The van der Waals surface area contributed by atoms with E-state index in [-0.39, 0.29) is 22.9 Å². The molecule has 2 aromatic rings. The van der Waals surface area contributed by atoms with Gasteiger partial charge in [0.25, 0.3) is 0 Å². The van der Waals surface area contributed by atoms with Crippen LogP contribution in [0.4, 0.5) is 11.5 Å². The van der Waals surface area contributed by atoms with Crippen LogP contribution < -0.4 is 10.6 Å². The average Bonchev–Trinajstić information content (AvgIpc) is 3.11. The molecule has 0 atom stereocenters. The molecular formula is C34H46ClN7O3. The first kappa shape index (κ1) is 30.7. The van der Waals surface area contributed by atoms with Crippen molar-refractivity contribution >= 4 is 35.2 Å². The Morgan fingerprint density at radius 1 is 1.16 bits per heavy atom. The van der Waals surface area contributed by atoms with E-state index in [1.807, 2.05) is 17.9 Å². The van der Waals surface area contributed by atoms with Gasteiger partial charge in [-0.25, -0.2) is 0 Å². The lowest BCUT2D eigenvalue weighted by Crippen LogP contribution is -2.66. The number of likely N-dealkylation sites (tertiary alicyclic amines) is 1. The monoisotopic (exact) mass is 635 g/mol. The Hall–Kier alpha value is -2.92. The van der Waals surface area contributed by atoms with E-state index >= 15 is 0 Å². The summed E-state index contributed by atoms with van der Waals surface area (Å²) in [6, 6.07) is 2.11. The normalized spacial score (nSPS) is 23.4. The molecule has 4 heterocycles. The molecule has 3 aliphatic heterocycles. The van der Waals surface area contributed by atoms with Crippen LogP contribution >= 0.6 is 11.6 Å². The van der Waals surface area contributed by atoms with Gasteiger partial charge in [0.05, 0.1) is 43.0 Å². The number of rotatable bonds is 7. The van der Waals surface area contributed by atoms with Crippen molar-refractivity contribution in [2.45, 2.75) is 57.5 Å². The number of hydrogen-bond acceptors (Lipinski definition) is 8. The van der Waals surface area contributed by atoms with Gasteiger partial charge in [-0.1, -0.05) is 18.2 Å². The van der Waals surface area contributed by atoms with Crippen LogP contribution in [0.3, 0.4) is 0 Å². The zero-order valence-electron chi connectivity index (χ0n) is 26.6. The Bertz CT molecular complexity index is 1500. The van der Waals surface area contributed by atoms with Gasteiger partial charge in [0, 0.05) is 84.9 Å². The lowest BCUT2D eigenvalue weighted by atomic mass is 9.60. The number of nitrogens with two attached hydrogens (primary N) is 1. The van der Waals surface area contributed by atoms with Crippen LogP contribution in [0.5, 0.6) is 0 Å². The van der Waals surface area contributed by atoms with Crippen molar-refractivity contribution in [3.05, 3.63) is 40.6 Å². The van der Waals surface area contributed by atoms with Gasteiger partial charge < -0.3 is 30.4 Å². The number of nitrogen functional groups attached to an aromatic ring is 1. The first-order valence-corrected chi connectivity index (χ1v) is 16.8. The maximum absolute atomic E-state index is 12.1. The standard InChI is InChI=1S/C34H46ClN7O3/c1-4-28(43)40-19-33(20-40)13-25(14-33)42-23(3)29(30-26(15-36)27(37)12-22(2)31(30)35)32(38-42)41-9-8-39(21-34(41)6-5-7-34)16-24-17-44-10-11-45-18-24/h4,12,15,24-25,36H,1,5-11,13-14,16-21,37H2,2-3H3. The van der Waals surface area contributed by atoms with E-state index in [1.165, 1.54) is 18.7 Å². The van der Waals surface area contributed by atoms with Crippen LogP contribution in [0.2, 0.25) is 5.02 Å². The second-order valence-electron chi connectivity index (χ2n) is 14.2. The molecule has 10 nitrogen and oxygen atoms in total. The molecule has 2 spiro atoms. The van der Waals surface area contributed by atoms with Crippen LogP contribution in [-0.4, -0.2) is 103 Å². The summed E-state index contributed by atoms with van der Waals surface area (Å²) in [5, 5.41) is 14.4. The van der Waals surface area contributed by atoms with E-state index in [2.05, 4.69) is 28.0 Å². The average molecular weight is 636 g/mol. The highest BCUT2D eigenvalue weighted by Crippen LogP contribution is 2.56. The van der Waals surface area contributed by atoms with Crippen LogP contribution in [0.25, 0.3) is 11.1 Å². The molecule has 3 N–H and O–H groups in total. The number of ether oxygens (including phenoxy) is 2. The van der Waals surface area contributed by atoms with Crippen LogP contribution in [0.1, 0.15) is 55.0 Å². The van der Waals surface area contributed by atoms with Crippen molar-refractivity contribution in [1.82, 2.24) is 19.6 Å². The number of nitrogens with zero attached hydrogens (tertiary/aromatic N) is 5. The second-order valence-corrected chi connectivity index (χ2v) is 14.6. The second kappa shape index (κ2) is 11.7. The van der Waals surface area contributed by atoms with Crippen LogP contribution in [0, 0.1) is 30.6 Å². The smallest absolute Gasteiger partial charge is 0.245 e. The third kappa shape index (κ3) is 5.18. The van der Waals surface area contributed by atoms with E-state index < -0.39 is 0 Å². The summed E-state index contributed by atoms with van der Waals surface area (Å²) in [5.41, 5.74) is 11.7. The molecule has 5 fully saturated rings. The molecule has 45 heavy (non-hydrogen) atoms. The molecule has 242 valence electrons. The fourth-order valence-electron chi connectivity index (χ4n) is 8.69. The van der Waals surface area contributed by atoms with Gasteiger partial charge in [-0.2, -0.15) is 5.10 Å². The Balaban J connectivity index is 1.23. The van der Waals surface area contributed by atoms with Gasteiger partial charge in [0.1, 0.15) is 0 Å². The number of aryl methyl sites for hydroxylation is 1. The fourth-order valence-corrected chi connectivity index (χ4v) is 8.94. The SMILES string of the molecule is C=CC(=O)N1CC2(CC(n3nc(N4CCN(CC5COCCOC5)CC45CCC5)c(-c4c(Cl)c(C)cc(N)c4C=N)c3C)C2)C1. The molecule has 0 bridgehead atoms. The van der Waals surface area contributed by atoms with Crippen molar-refractivity contribution in [3.63, 3.8) is 0 Å². The van der Waals surface area contributed by atoms with Crippen molar-refractivity contribution in [2.24, 2.45) is 11.3 Å². The zero-order valence-corrected chi connectivity index (χ0v) is 27.4. The summed E-state index contributed by atoms with van der Waals surface area (Å²) in [4.78, 5) is 19.2.